The van der Waals surface area contributed by atoms with E-state index in [0.29, 0.717) is 11.8 Å². The normalized spacial score (nSPS) is 24.6. The number of piperidine rings is 1. The van der Waals surface area contributed by atoms with E-state index in [9.17, 15) is 0 Å². The second-order valence-electron chi connectivity index (χ2n) is 5.08. The lowest BCUT2D eigenvalue weighted by Gasteiger charge is -2.32. The molecule has 1 heterocycles. The van der Waals surface area contributed by atoms with Crippen molar-refractivity contribution in [2.75, 3.05) is 38.6 Å². The molecule has 0 radical (unpaired) electrons. The summed E-state index contributed by atoms with van der Waals surface area (Å²) in [5.41, 5.74) is 8.55. The molecular weight excluding hydrogens is 210 g/mol. The van der Waals surface area contributed by atoms with Crippen molar-refractivity contribution in [3.63, 3.8) is 0 Å². The van der Waals surface area contributed by atoms with Crippen LogP contribution in [-0.4, -0.2) is 33.7 Å². The molecule has 1 aliphatic rings. The number of rotatable bonds is 3. The van der Waals surface area contributed by atoms with Crippen molar-refractivity contribution in [1.82, 2.24) is 5.32 Å². The Balaban J connectivity index is 2.15. The lowest BCUT2D eigenvalue weighted by atomic mass is 9.81. The van der Waals surface area contributed by atoms with Crippen LogP contribution >= 0.6 is 0 Å². The largest absolute Gasteiger partial charge is 0.378 e. The zero-order valence-electron chi connectivity index (χ0n) is 10.8. The third kappa shape index (κ3) is 2.79. The minimum absolute atomic E-state index is 0.578. The van der Waals surface area contributed by atoms with Gasteiger partial charge in [-0.3, -0.25) is 0 Å². The Labute approximate surface area is 104 Å². The van der Waals surface area contributed by atoms with Crippen LogP contribution < -0.4 is 16.0 Å². The highest BCUT2D eigenvalue weighted by molar-refractivity contribution is 5.46. The molecule has 1 aromatic rings. The van der Waals surface area contributed by atoms with Gasteiger partial charge in [-0.05, 0) is 55.6 Å². The monoisotopic (exact) mass is 233 g/mol. The summed E-state index contributed by atoms with van der Waals surface area (Å²) in [6.07, 6.45) is 1.20. The zero-order chi connectivity index (χ0) is 12.3. The number of hydrogen-bond donors (Lipinski definition) is 2. The first-order chi connectivity index (χ1) is 8.22. The smallest absolute Gasteiger partial charge is 0.0361 e. The summed E-state index contributed by atoms with van der Waals surface area (Å²) in [6.45, 7) is 2.93. The molecule has 0 spiro atoms. The zero-order valence-corrected chi connectivity index (χ0v) is 10.8. The maximum Gasteiger partial charge on any atom is 0.0361 e. The average molecular weight is 233 g/mol. The summed E-state index contributed by atoms with van der Waals surface area (Å²) < 4.78 is 0. The minimum atomic E-state index is 0.578. The third-order valence-corrected chi connectivity index (χ3v) is 3.75. The standard InChI is InChI=1S/C14H23N3/c1-17(2)13-5-3-11(4-6-13)14-7-8-16-10-12(14)9-15/h3-6,12,14,16H,7-10,15H2,1-2H3. The Hall–Kier alpha value is -1.06. The Bertz CT molecular complexity index is 345. The number of hydrogen-bond acceptors (Lipinski definition) is 3. The number of nitrogens with two attached hydrogens (primary N) is 1. The van der Waals surface area contributed by atoms with Gasteiger partial charge in [0.1, 0.15) is 0 Å². The molecule has 0 bridgehead atoms. The average Bonchev–Trinajstić information content (AvgIpc) is 2.39. The summed E-state index contributed by atoms with van der Waals surface area (Å²) in [5.74, 6) is 1.20. The van der Waals surface area contributed by atoms with E-state index in [1.54, 1.807) is 0 Å². The molecule has 2 unspecified atom stereocenters. The number of benzene rings is 1. The number of nitrogens with zero attached hydrogens (tertiary/aromatic N) is 1. The maximum absolute atomic E-state index is 5.86. The van der Waals surface area contributed by atoms with Gasteiger partial charge < -0.3 is 16.0 Å². The van der Waals surface area contributed by atoms with Gasteiger partial charge in [-0.2, -0.15) is 0 Å². The van der Waals surface area contributed by atoms with E-state index in [4.69, 9.17) is 5.73 Å². The van der Waals surface area contributed by atoms with Crippen LogP contribution in [0.4, 0.5) is 5.69 Å². The predicted octanol–water partition coefficient (Wildman–Crippen LogP) is 1.40. The second kappa shape index (κ2) is 5.52. The van der Waals surface area contributed by atoms with Crippen LogP contribution in [0.25, 0.3) is 0 Å². The number of nitrogens with one attached hydrogen (secondary N) is 1. The third-order valence-electron chi connectivity index (χ3n) is 3.75. The van der Waals surface area contributed by atoms with Crippen LogP contribution in [0.2, 0.25) is 0 Å². The van der Waals surface area contributed by atoms with E-state index in [-0.39, 0.29) is 0 Å². The van der Waals surface area contributed by atoms with Gasteiger partial charge in [0.05, 0.1) is 0 Å². The lowest BCUT2D eigenvalue weighted by molar-refractivity contribution is 0.333. The fourth-order valence-corrected chi connectivity index (χ4v) is 2.63. The van der Waals surface area contributed by atoms with Crippen LogP contribution in [0.3, 0.4) is 0 Å². The Morgan fingerprint density at radius 3 is 2.59 bits per heavy atom. The highest BCUT2D eigenvalue weighted by atomic mass is 15.1. The van der Waals surface area contributed by atoms with Crippen molar-refractivity contribution in [2.45, 2.75) is 12.3 Å². The summed E-state index contributed by atoms with van der Waals surface area (Å²) in [4.78, 5) is 2.13. The van der Waals surface area contributed by atoms with Gasteiger partial charge in [-0.1, -0.05) is 12.1 Å². The van der Waals surface area contributed by atoms with Crippen LogP contribution in [0.15, 0.2) is 24.3 Å². The van der Waals surface area contributed by atoms with Crippen LogP contribution in [0.1, 0.15) is 17.9 Å². The molecule has 1 aromatic carbocycles. The van der Waals surface area contributed by atoms with Crippen molar-refractivity contribution >= 4 is 5.69 Å². The lowest BCUT2D eigenvalue weighted by Crippen LogP contribution is -2.39. The second-order valence-corrected chi connectivity index (χ2v) is 5.08. The molecule has 2 rings (SSSR count). The van der Waals surface area contributed by atoms with E-state index in [0.717, 1.165) is 19.6 Å². The van der Waals surface area contributed by atoms with Crippen LogP contribution in [-0.2, 0) is 0 Å². The van der Waals surface area contributed by atoms with E-state index in [1.165, 1.54) is 17.7 Å². The van der Waals surface area contributed by atoms with Crippen LogP contribution in [0, 0.1) is 5.92 Å². The van der Waals surface area contributed by atoms with E-state index >= 15 is 0 Å². The molecule has 1 aliphatic heterocycles. The van der Waals surface area contributed by atoms with Gasteiger partial charge in [0.15, 0.2) is 0 Å². The quantitative estimate of drug-likeness (QED) is 0.829. The Morgan fingerprint density at radius 2 is 2.00 bits per heavy atom. The van der Waals surface area contributed by atoms with Gasteiger partial charge in [0.2, 0.25) is 0 Å². The fourth-order valence-electron chi connectivity index (χ4n) is 2.63. The van der Waals surface area contributed by atoms with E-state index < -0.39 is 0 Å². The molecule has 2 atom stereocenters. The molecule has 3 heteroatoms. The molecule has 3 N–H and O–H groups in total. The van der Waals surface area contributed by atoms with Gasteiger partial charge >= 0.3 is 0 Å². The van der Waals surface area contributed by atoms with Crippen molar-refractivity contribution < 1.29 is 0 Å². The van der Waals surface area contributed by atoms with Gasteiger partial charge in [-0.15, -0.1) is 0 Å². The fraction of sp³-hybridized carbons (Fsp3) is 0.571. The first-order valence-corrected chi connectivity index (χ1v) is 6.40. The van der Waals surface area contributed by atoms with Crippen molar-refractivity contribution in [3.05, 3.63) is 29.8 Å². The first-order valence-electron chi connectivity index (χ1n) is 6.40. The molecule has 1 fully saturated rings. The number of anilines is 1. The van der Waals surface area contributed by atoms with Crippen molar-refractivity contribution in [1.29, 1.82) is 0 Å². The predicted molar refractivity (Wildman–Crippen MR) is 73.5 cm³/mol. The van der Waals surface area contributed by atoms with Gasteiger partial charge in [0.25, 0.3) is 0 Å². The molecule has 94 valence electrons. The van der Waals surface area contributed by atoms with Crippen molar-refractivity contribution in [2.24, 2.45) is 11.7 Å². The van der Waals surface area contributed by atoms with Crippen LogP contribution in [0.5, 0.6) is 0 Å². The summed E-state index contributed by atoms with van der Waals surface area (Å²) in [5, 5.41) is 3.43. The Morgan fingerprint density at radius 1 is 1.29 bits per heavy atom. The van der Waals surface area contributed by atoms with Gasteiger partial charge in [0, 0.05) is 19.8 Å². The summed E-state index contributed by atoms with van der Waals surface area (Å²) in [6, 6.07) is 8.91. The SMILES string of the molecule is CN(C)c1ccc(C2CCNCC2CN)cc1. The molecule has 0 aliphatic carbocycles. The molecule has 0 saturated carbocycles. The first kappa shape index (κ1) is 12.4. The Kier molecular flexibility index (Phi) is 4.02. The highest BCUT2D eigenvalue weighted by Crippen LogP contribution is 2.30. The molecule has 3 nitrogen and oxygen atoms in total. The van der Waals surface area contributed by atoms with Crippen molar-refractivity contribution in [3.8, 4) is 0 Å². The molecule has 0 amide bonds. The summed E-state index contributed by atoms with van der Waals surface area (Å²) >= 11 is 0. The maximum atomic E-state index is 5.86. The topological polar surface area (TPSA) is 41.3 Å². The molecular formula is C14H23N3. The summed E-state index contributed by atoms with van der Waals surface area (Å²) in [7, 11) is 4.14. The highest BCUT2D eigenvalue weighted by Gasteiger charge is 2.24. The van der Waals surface area contributed by atoms with E-state index in [2.05, 4.69) is 48.6 Å². The minimum Gasteiger partial charge on any atom is -0.378 e. The molecule has 1 saturated heterocycles. The van der Waals surface area contributed by atoms with Gasteiger partial charge in [-0.25, -0.2) is 0 Å². The molecule has 0 aromatic heterocycles. The molecule has 17 heavy (non-hydrogen) atoms. The van der Waals surface area contributed by atoms with E-state index in [1.807, 2.05) is 0 Å².